The van der Waals surface area contributed by atoms with Crippen molar-refractivity contribution in [1.29, 1.82) is 0 Å². The van der Waals surface area contributed by atoms with Crippen molar-refractivity contribution in [2.45, 2.75) is 18.8 Å². The van der Waals surface area contributed by atoms with Crippen molar-refractivity contribution in [3.63, 3.8) is 0 Å². The van der Waals surface area contributed by atoms with Gasteiger partial charge in [0.1, 0.15) is 5.75 Å². The fourth-order valence-corrected chi connectivity index (χ4v) is 1.99. The normalized spacial score (nSPS) is 19.4. The zero-order chi connectivity index (χ0) is 13.3. The van der Waals surface area contributed by atoms with Gasteiger partial charge >= 0.3 is 0 Å². The molecular formula is C12H12N2O4. The number of hydrogen-bond donors (Lipinski definition) is 3. The van der Waals surface area contributed by atoms with Gasteiger partial charge in [-0.3, -0.25) is 19.7 Å². The first-order chi connectivity index (χ1) is 8.47. The number of aromatic hydroxyl groups is 1. The molecule has 6 heteroatoms. The zero-order valence-corrected chi connectivity index (χ0v) is 9.47. The number of rotatable bonds is 2. The van der Waals surface area contributed by atoms with Crippen molar-refractivity contribution in [2.24, 2.45) is 5.73 Å². The zero-order valence-electron chi connectivity index (χ0n) is 9.47. The highest BCUT2D eigenvalue weighted by Crippen LogP contribution is 2.28. The van der Waals surface area contributed by atoms with Crippen LogP contribution in [-0.4, -0.2) is 22.8 Å². The molecule has 1 aromatic rings. The number of imide groups is 1. The van der Waals surface area contributed by atoms with Gasteiger partial charge in [-0.25, -0.2) is 0 Å². The molecule has 1 saturated heterocycles. The molecule has 0 aliphatic carbocycles. The molecule has 1 unspecified atom stereocenters. The van der Waals surface area contributed by atoms with Crippen LogP contribution in [0.3, 0.4) is 0 Å². The third-order valence-electron chi connectivity index (χ3n) is 2.87. The largest absolute Gasteiger partial charge is 0.508 e. The second-order valence-electron chi connectivity index (χ2n) is 4.18. The van der Waals surface area contributed by atoms with Crippen molar-refractivity contribution in [1.82, 2.24) is 5.32 Å². The lowest BCUT2D eigenvalue weighted by Gasteiger charge is -2.21. The second-order valence-corrected chi connectivity index (χ2v) is 4.18. The molecule has 0 bridgehead atoms. The van der Waals surface area contributed by atoms with E-state index in [0.717, 1.165) is 0 Å². The van der Waals surface area contributed by atoms with Crippen LogP contribution < -0.4 is 11.1 Å². The maximum Gasteiger partial charge on any atom is 0.248 e. The van der Waals surface area contributed by atoms with Gasteiger partial charge in [-0.2, -0.15) is 0 Å². The lowest BCUT2D eigenvalue weighted by atomic mass is 9.89. The van der Waals surface area contributed by atoms with Gasteiger partial charge in [0.2, 0.25) is 17.7 Å². The van der Waals surface area contributed by atoms with E-state index in [-0.39, 0.29) is 23.6 Å². The van der Waals surface area contributed by atoms with Crippen LogP contribution in [0.5, 0.6) is 5.75 Å². The molecule has 1 aromatic carbocycles. The van der Waals surface area contributed by atoms with Crippen LogP contribution in [0.1, 0.15) is 34.7 Å². The van der Waals surface area contributed by atoms with E-state index in [1.807, 2.05) is 0 Å². The number of piperidine rings is 1. The number of carbonyl (C=O) groups excluding carboxylic acids is 3. The van der Waals surface area contributed by atoms with E-state index >= 15 is 0 Å². The summed E-state index contributed by atoms with van der Waals surface area (Å²) in [7, 11) is 0. The Hall–Kier alpha value is -2.37. The van der Waals surface area contributed by atoms with Crippen LogP contribution in [-0.2, 0) is 9.59 Å². The van der Waals surface area contributed by atoms with Crippen LogP contribution in [0.25, 0.3) is 0 Å². The number of amides is 3. The summed E-state index contributed by atoms with van der Waals surface area (Å²) in [5.74, 6) is -2.10. The molecule has 18 heavy (non-hydrogen) atoms. The lowest BCUT2D eigenvalue weighted by molar-refractivity contribution is -0.134. The fraction of sp³-hybridized carbons (Fsp3) is 0.250. The Morgan fingerprint density at radius 2 is 2.06 bits per heavy atom. The van der Waals surface area contributed by atoms with Gasteiger partial charge in [-0.05, 0) is 30.2 Å². The molecule has 3 amide bonds. The highest BCUT2D eigenvalue weighted by atomic mass is 16.3. The number of nitrogens with one attached hydrogen (secondary N) is 1. The van der Waals surface area contributed by atoms with Gasteiger partial charge in [0.15, 0.2) is 0 Å². The van der Waals surface area contributed by atoms with Crippen molar-refractivity contribution in [2.75, 3.05) is 0 Å². The van der Waals surface area contributed by atoms with Crippen LogP contribution >= 0.6 is 0 Å². The van der Waals surface area contributed by atoms with Crippen molar-refractivity contribution >= 4 is 17.7 Å². The molecule has 0 aromatic heterocycles. The second kappa shape index (κ2) is 4.48. The fourth-order valence-electron chi connectivity index (χ4n) is 1.99. The van der Waals surface area contributed by atoms with Gasteiger partial charge in [-0.1, -0.05) is 0 Å². The van der Waals surface area contributed by atoms with E-state index < -0.39 is 17.7 Å². The highest BCUT2D eigenvalue weighted by molar-refractivity contribution is 6.01. The molecular weight excluding hydrogens is 236 g/mol. The highest BCUT2D eigenvalue weighted by Gasteiger charge is 2.28. The SMILES string of the molecule is NC(=O)c1cc(O)cc(C2CCC(=O)NC2=O)c1. The van der Waals surface area contributed by atoms with E-state index in [4.69, 9.17) is 5.73 Å². The van der Waals surface area contributed by atoms with E-state index in [9.17, 15) is 19.5 Å². The minimum atomic E-state index is -0.681. The van der Waals surface area contributed by atoms with Gasteiger partial charge in [0.05, 0.1) is 5.92 Å². The van der Waals surface area contributed by atoms with Crippen LogP contribution in [0.2, 0.25) is 0 Å². The molecule has 1 atom stereocenters. The Balaban J connectivity index is 2.36. The van der Waals surface area contributed by atoms with E-state index in [1.165, 1.54) is 18.2 Å². The van der Waals surface area contributed by atoms with Gasteiger partial charge < -0.3 is 10.8 Å². The summed E-state index contributed by atoms with van der Waals surface area (Å²) in [5.41, 5.74) is 5.75. The molecule has 4 N–H and O–H groups in total. The van der Waals surface area contributed by atoms with Crippen molar-refractivity contribution in [3.8, 4) is 5.75 Å². The third-order valence-corrected chi connectivity index (χ3v) is 2.87. The Bertz CT molecular complexity index is 539. The van der Waals surface area contributed by atoms with Gasteiger partial charge in [0, 0.05) is 12.0 Å². The summed E-state index contributed by atoms with van der Waals surface area (Å²) in [6, 6.07) is 4.09. The molecule has 6 nitrogen and oxygen atoms in total. The third kappa shape index (κ3) is 2.32. The molecule has 0 radical (unpaired) electrons. The molecule has 1 fully saturated rings. The Morgan fingerprint density at radius 1 is 1.33 bits per heavy atom. The first-order valence-electron chi connectivity index (χ1n) is 5.45. The monoisotopic (exact) mass is 248 g/mol. The topological polar surface area (TPSA) is 109 Å². The number of phenolic OH excluding ortho intramolecular Hbond substituents is 1. The molecule has 0 spiro atoms. The van der Waals surface area contributed by atoms with Crippen LogP contribution in [0, 0.1) is 0 Å². The summed E-state index contributed by atoms with van der Waals surface area (Å²) < 4.78 is 0. The number of benzene rings is 1. The molecule has 1 aliphatic heterocycles. The van der Waals surface area contributed by atoms with Crippen molar-refractivity contribution in [3.05, 3.63) is 29.3 Å². The van der Waals surface area contributed by atoms with E-state index in [1.54, 1.807) is 0 Å². The Labute approximate surface area is 103 Å². The first kappa shape index (κ1) is 12.1. The number of nitrogens with two attached hydrogens (primary N) is 1. The minimum Gasteiger partial charge on any atom is -0.508 e. The standard InChI is InChI=1S/C12H12N2O4/c13-11(17)7-3-6(4-8(15)5-7)9-1-2-10(16)14-12(9)18/h3-5,9,15H,1-2H2,(H2,13,17)(H,14,16,18). The Kier molecular flexibility index (Phi) is 3.01. The average molecular weight is 248 g/mol. The summed E-state index contributed by atoms with van der Waals surface area (Å²) >= 11 is 0. The minimum absolute atomic E-state index is 0.133. The molecule has 1 aliphatic rings. The molecule has 2 rings (SSSR count). The summed E-state index contributed by atoms with van der Waals surface area (Å²) in [4.78, 5) is 33.8. The summed E-state index contributed by atoms with van der Waals surface area (Å²) in [6.07, 6.45) is 0.588. The maximum atomic E-state index is 11.7. The molecule has 94 valence electrons. The quantitative estimate of drug-likeness (QED) is 0.640. The Morgan fingerprint density at radius 3 is 2.67 bits per heavy atom. The van der Waals surface area contributed by atoms with Gasteiger partial charge in [0.25, 0.3) is 0 Å². The van der Waals surface area contributed by atoms with Crippen LogP contribution in [0.4, 0.5) is 0 Å². The number of phenols is 1. The van der Waals surface area contributed by atoms with Crippen molar-refractivity contribution < 1.29 is 19.5 Å². The van der Waals surface area contributed by atoms with Gasteiger partial charge in [-0.15, -0.1) is 0 Å². The average Bonchev–Trinajstić information content (AvgIpc) is 2.27. The lowest BCUT2D eigenvalue weighted by Crippen LogP contribution is -2.39. The van der Waals surface area contributed by atoms with Crippen LogP contribution in [0.15, 0.2) is 18.2 Å². The predicted octanol–water partition coefficient (Wildman–Crippen LogP) is 0.0113. The first-order valence-corrected chi connectivity index (χ1v) is 5.45. The number of primary amides is 1. The predicted molar refractivity (Wildman–Crippen MR) is 61.7 cm³/mol. The molecule has 1 heterocycles. The smallest absolute Gasteiger partial charge is 0.248 e. The number of hydrogen-bond acceptors (Lipinski definition) is 4. The molecule has 0 saturated carbocycles. The number of carbonyl (C=O) groups is 3. The summed E-state index contributed by atoms with van der Waals surface area (Å²) in [6.45, 7) is 0. The van der Waals surface area contributed by atoms with E-state index in [2.05, 4.69) is 5.32 Å². The maximum absolute atomic E-state index is 11.7. The summed E-state index contributed by atoms with van der Waals surface area (Å²) in [5, 5.41) is 11.7. The van der Waals surface area contributed by atoms with E-state index in [0.29, 0.717) is 12.0 Å².